The molecule has 2 rings (SSSR count). The van der Waals surface area contributed by atoms with Crippen molar-refractivity contribution in [2.24, 2.45) is 0 Å². The highest BCUT2D eigenvalue weighted by atomic mass is 35.5. The number of hydrogen-bond acceptors (Lipinski definition) is 2. The zero-order valence-electron chi connectivity index (χ0n) is 11.6. The van der Waals surface area contributed by atoms with Gasteiger partial charge in [0.05, 0.1) is 0 Å². The highest BCUT2D eigenvalue weighted by Crippen LogP contribution is 2.24. The van der Waals surface area contributed by atoms with E-state index in [1.807, 2.05) is 25.2 Å². The Hall–Kier alpha value is -0.740. The summed E-state index contributed by atoms with van der Waals surface area (Å²) in [5.41, 5.74) is 1.06. The number of thioether (sulfide) groups is 1. The molecule has 0 aliphatic rings. The predicted octanol–water partition coefficient (Wildman–Crippen LogP) is 5.06. The van der Waals surface area contributed by atoms with Gasteiger partial charge in [-0.25, -0.2) is 4.39 Å². The van der Waals surface area contributed by atoms with E-state index < -0.39 is 0 Å². The summed E-state index contributed by atoms with van der Waals surface area (Å²) in [7, 11) is 1.92. The fourth-order valence-corrected chi connectivity index (χ4v) is 3.49. The van der Waals surface area contributed by atoms with Gasteiger partial charge in [0.1, 0.15) is 5.82 Å². The summed E-state index contributed by atoms with van der Waals surface area (Å²) >= 11 is 13.7. The second kappa shape index (κ2) is 8.04. The van der Waals surface area contributed by atoms with E-state index >= 15 is 0 Å². The molecule has 1 N–H and O–H groups in total. The Morgan fingerprint density at radius 1 is 1.19 bits per heavy atom. The van der Waals surface area contributed by atoms with Crippen LogP contribution in [0.25, 0.3) is 0 Å². The molecular formula is C16H16Cl2FNS. The van der Waals surface area contributed by atoms with E-state index in [4.69, 9.17) is 23.2 Å². The van der Waals surface area contributed by atoms with Crippen LogP contribution >= 0.6 is 35.0 Å². The maximum atomic E-state index is 13.2. The van der Waals surface area contributed by atoms with Crippen LogP contribution in [0.4, 0.5) is 4.39 Å². The number of rotatable bonds is 6. The normalized spacial score (nSPS) is 12.4. The van der Waals surface area contributed by atoms with Gasteiger partial charge < -0.3 is 5.32 Å². The Morgan fingerprint density at radius 2 is 2.00 bits per heavy atom. The van der Waals surface area contributed by atoms with Gasteiger partial charge in [-0.3, -0.25) is 0 Å². The molecule has 112 valence electrons. The molecule has 5 heteroatoms. The lowest BCUT2D eigenvalue weighted by molar-refractivity contribution is 0.615. The Kier molecular flexibility index (Phi) is 6.37. The van der Waals surface area contributed by atoms with E-state index in [9.17, 15) is 4.39 Å². The minimum Gasteiger partial charge on any atom is -0.316 e. The third-order valence-corrected chi connectivity index (χ3v) is 4.88. The lowest BCUT2D eigenvalue weighted by Gasteiger charge is -2.17. The van der Waals surface area contributed by atoms with Gasteiger partial charge in [0, 0.05) is 26.7 Å². The van der Waals surface area contributed by atoms with Gasteiger partial charge in [-0.15, -0.1) is 11.8 Å². The van der Waals surface area contributed by atoms with Crippen LogP contribution in [0.5, 0.6) is 0 Å². The molecule has 0 amide bonds. The van der Waals surface area contributed by atoms with Gasteiger partial charge >= 0.3 is 0 Å². The number of hydrogen-bond donors (Lipinski definition) is 1. The van der Waals surface area contributed by atoms with Crippen LogP contribution in [-0.4, -0.2) is 18.8 Å². The van der Waals surface area contributed by atoms with E-state index in [2.05, 4.69) is 5.32 Å². The Balaban J connectivity index is 1.97. The van der Waals surface area contributed by atoms with Crippen molar-refractivity contribution in [1.82, 2.24) is 5.32 Å². The number of nitrogens with one attached hydrogen (secondary N) is 1. The lowest BCUT2D eigenvalue weighted by atomic mass is 10.1. The van der Waals surface area contributed by atoms with E-state index in [1.165, 1.54) is 6.07 Å². The number of benzene rings is 2. The van der Waals surface area contributed by atoms with Crippen LogP contribution in [0.2, 0.25) is 10.0 Å². The Labute approximate surface area is 138 Å². The Morgan fingerprint density at radius 3 is 2.67 bits per heavy atom. The van der Waals surface area contributed by atoms with Crippen molar-refractivity contribution in [2.75, 3.05) is 12.8 Å². The van der Waals surface area contributed by atoms with Crippen molar-refractivity contribution < 1.29 is 4.39 Å². The van der Waals surface area contributed by atoms with E-state index in [0.717, 1.165) is 22.6 Å². The first-order valence-corrected chi connectivity index (χ1v) is 8.32. The van der Waals surface area contributed by atoms with Crippen LogP contribution in [0, 0.1) is 5.82 Å². The van der Waals surface area contributed by atoms with E-state index in [1.54, 1.807) is 30.0 Å². The van der Waals surface area contributed by atoms with Gasteiger partial charge in [-0.1, -0.05) is 35.3 Å². The SMILES string of the molecule is CNC(CSc1cccc(F)c1)Cc1ccc(Cl)cc1Cl. The molecule has 1 nitrogen and oxygen atoms in total. The molecule has 21 heavy (non-hydrogen) atoms. The summed E-state index contributed by atoms with van der Waals surface area (Å²) < 4.78 is 13.2. The molecule has 0 saturated heterocycles. The molecule has 0 fully saturated rings. The fourth-order valence-electron chi connectivity index (χ4n) is 1.95. The van der Waals surface area contributed by atoms with E-state index in [-0.39, 0.29) is 11.9 Å². The largest absolute Gasteiger partial charge is 0.316 e. The van der Waals surface area contributed by atoms with Crippen molar-refractivity contribution in [1.29, 1.82) is 0 Å². The van der Waals surface area contributed by atoms with Gasteiger partial charge in [-0.05, 0) is 49.4 Å². The number of likely N-dealkylation sites (N-methyl/N-ethyl adjacent to an activating group) is 1. The first kappa shape index (κ1) is 16.6. The van der Waals surface area contributed by atoms with Crippen molar-refractivity contribution in [2.45, 2.75) is 17.4 Å². The summed E-state index contributed by atoms with van der Waals surface area (Å²) in [4.78, 5) is 0.928. The highest BCUT2D eigenvalue weighted by Gasteiger charge is 2.11. The third-order valence-electron chi connectivity index (χ3n) is 3.14. The van der Waals surface area contributed by atoms with Gasteiger partial charge in [0.2, 0.25) is 0 Å². The van der Waals surface area contributed by atoms with Crippen molar-refractivity contribution in [3.63, 3.8) is 0 Å². The third kappa shape index (κ3) is 5.19. The highest BCUT2D eigenvalue weighted by molar-refractivity contribution is 7.99. The standard InChI is InChI=1S/C16H16Cl2FNS/c1-20-14(7-11-5-6-12(17)8-16(11)18)10-21-15-4-2-3-13(19)9-15/h2-6,8-9,14,20H,7,10H2,1H3. The zero-order chi connectivity index (χ0) is 15.2. The molecule has 0 heterocycles. The summed E-state index contributed by atoms with van der Waals surface area (Å²) in [6.07, 6.45) is 0.800. The van der Waals surface area contributed by atoms with Gasteiger partial charge in [-0.2, -0.15) is 0 Å². The quantitative estimate of drug-likeness (QED) is 0.736. The van der Waals surface area contributed by atoms with Crippen LogP contribution in [0.15, 0.2) is 47.4 Å². The van der Waals surface area contributed by atoms with Crippen molar-refractivity contribution in [3.05, 3.63) is 63.9 Å². The maximum absolute atomic E-state index is 13.2. The maximum Gasteiger partial charge on any atom is 0.124 e. The smallest absolute Gasteiger partial charge is 0.124 e. The van der Waals surface area contributed by atoms with Crippen molar-refractivity contribution in [3.8, 4) is 0 Å². The van der Waals surface area contributed by atoms with Gasteiger partial charge in [0.15, 0.2) is 0 Å². The Bertz CT molecular complexity index is 607. The van der Waals surface area contributed by atoms with Crippen LogP contribution in [-0.2, 0) is 6.42 Å². The molecule has 0 bridgehead atoms. The molecule has 0 aliphatic heterocycles. The molecule has 0 aromatic heterocycles. The minimum absolute atomic E-state index is 0.207. The minimum atomic E-state index is -0.207. The van der Waals surface area contributed by atoms with Crippen LogP contribution in [0.3, 0.4) is 0 Å². The topological polar surface area (TPSA) is 12.0 Å². The summed E-state index contributed by atoms with van der Waals surface area (Å²) in [5, 5.41) is 4.59. The fraction of sp³-hybridized carbons (Fsp3) is 0.250. The monoisotopic (exact) mass is 343 g/mol. The summed E-state index contributed by atoms with van der Waals surface area (Å²) in [6.45, 7) is 0. The average molecular weight is 344 g/mol. The molecule has 0 saturated carbocycles. The molecule has 2 aromatic rings. The number of halogens is 3. The second-order valence-electron chi connectivity index (χ2n) is 4.69. The predicted molar refractivity (Wildman–Crippen MR) is 90.1 cm³/mol. The second-order valence-corrected chi connectivity index (χ2v) is 6.63. The van der Waals surface area contributed by atoms with E-state index in [0.29, 0.717) is 10.0 Å². The zero-order valence-corrected chi connectivity index (χ0v) is 13.9. The molecule has 2 aromatic carbocycles. The summed E-state index contributed by atoms with van der Waals surface area (Å²) in [6, 6.07) is 12.4. The van der Waals surface area contributed by atoms with Crippen LogP contribution < -0.4 is 5.32 Å². The molecule has 1 atom stereocenters. The van der Waals surface area contributed by atoms with Crippen molar-refractivity contribution >= 4 is 35.0 Å². The first-order chi connectivity index (χ1) is 10.1. The van der Waals surface area contributed by atoms with Gasteiger partial charge in [0.25, 0.3) is 0 Å². The lowest BCUT2D eigenvalue weighted by Crippen LogP contribution is -2.30. The average Bonchev–Trinajstić information content (AvgIpc) is 2.45. The molecule has 1 unspecified atom stereocenters. The summed E-state index contributed by atoms with van der Waals surface area (Å²) in [5.74, 6) is 0.626. The molecule has 0 radical (unpaired) electrons. The molecule has 0 aliphatic carbocycles. The van der Waals surface area contributed by atoms with Crippen LogP contribution in [0.1, 0.15) is 5.56 Å². The first-order valence-electron chi connectivity index (χ1n) is 6.58. The molecular weight excluding hydrogens is 328 g/mol. The molecule has 0 spiro atoms.